The molecule has 27 heavy (non-hydrogen) atoms. The molecule has 0 radical (unpaired) electrons. The number of fused-ring (bicyclic) bond motifs is 1. The van der Waals surface area contributed by atoms with Crippen LogP contribution in [0.2, 0.25) is 0 Å². The lowest BCUT2D eigenvalue weighted by molar-refractivity contribution is 0.120. The second-order valence-electron chi connectivity index (χ2n) is 6.87. The maximum absolute atomic E-state index is 10.0. The number of nitrogens with zero attached hydrogens (tertiary/aromatic N) is 2. The molecule has 3 heterocycles. The normalized spacial score (nSPS) is 16.7. The number of ether oxygens (including phenoxy) is 2. The van der Waals surface area contributed by atoms with E-state index >= 15 is 0 Å². The predicted octanol–water partition coefficient (Wildman–Crippen LogP) is 4.00. The third-order valence-corrected chi connectivity index (χ3v) is 4.84. The lowest BCUT2D eigenvalue weighted by Gasteiger charge is -2.14. The average molecular weight is 367 g/mol. The minimum Gasteiger partial charge on any atom is -0.504 e. The topological polar surface area (TPSA) is 68.0 Å². The van der Waals surface area contributed by atoms with E-state index < -0.39 is 0 Å². The van der Waals surface area contributed by atoms with Gasteiger partial charge in [0.25, 0.3) is 0 Å². The third kappa shape index (κ3) is 3.57. The van der Waals surface area contributed by atoms with E-state index in [2.05, 4.69) is 28.8 Å². The molecule has 142 valence electrons. The summed E-state index contributed by atoms with van der Waals surface area (Å²) in [5, 5.41) is 13.6. The van der Waals surface area contributed by atoms with E-state index in [1.54, 1.807) is 6.07 Å². The zero-order valence-corrected chi connectivity index (χ0v) is 15.7. The van der Waals surface area contributed by atoms with Crippen LogP contribution in [0.3, 0.4) is 0 Å². The van der Waals surface area contributed by atoms with Gasteiger partial charge in [0.1, 0.15) is 17.2 Å². The van der Waals surface area contributed by atoms with Gasteiger partial charge in [0.15, 0.2) is 11.5 Å². The van der Waals surface area contributed by atoms with Gasteiger partial charge < -0.3 is 19.9 Å². The van der Waals surface area contributed by atoms with Crippen molar-refractivity contribution < 1.29 is 14.6 Å². The number of phenolic OH excluding ortho intramolecular Hbond substituents is 1. The van der Waals surface area contributed by atoms with E-state index in [-0.39, 0.29) is 11.9 Å². The summed E-state index contributed by atoms with van der Waals surface area (Å²) in [7, 11) is 0. The van der Waals surface area contributed by atoms with Gasteiger partial charge in [-0.05, 0) is 62.6 Å². The number of pyridine rings is 1. The summed E-state index contributed by atoms with van der Waals surface area (Å²) in [4.78, 5) is 4.84. The van der Waals surface area contributed by atoms with E-state index in [9.17, 15) is 5.11 Å². The highest BCUT2D eigenvalue weighted by Crippen LogP contribution is 2.35. The molecule has 0 unspecified atom stereocenters. The average Bonchev–Trinajstić information content (AvgIpc) is 3.29. The highest BCUT2D eigenvalue weighted by atomic mass is 16.5. The largest absolute Gasteiger partial charge is 0.504 e. The molecular weight excluding hydrogens is 342 g/mol. The number of rotatable bonds is 6. The Labute approximate surface area is 158 Å². The molecule has 6 nitrogen and oxygen atoms in total. The van der Waals surface area contributed by atoms with Crippen LogP contribution in [0.1, 0.15) is 25.3 Å². The molecule has 1 aliphatic heterocycles. The molecule has 0 bridgehead atoms. The Hall–Kier alpha value is -2.73. The molecule has 1 fully saturated rings. The van der Waals surface area contributed by atoms with Crippen molar-refractivity contribution in [1.29, 1.82) is 0 Å². The van der Waals surface area contributed by atoms with Crippen LogP contribution in [0.5, 0.6) is 11.5 Å². The van der Waals surface area contributed by atoms with E-state index in [1.807, 2.05) is 25.3 Å². The molecule has 0 amide bonds. The summed E-state index contributed by atoms with van der Waals surface area (Å²) in [5.74, 6) is 1.52. The van der Waals surface area contributed by atoms with Gasteiger partial charge in [0, 0.05) is 24.9 Å². The molecule has 0 spiro atoms. The molecule has 6 heteroatoms. The first-order chi connectivity index (χ1) is 13.2. The van der Waals surface area contributed by atoms with Crippen LogP contribution in [0.25, 0.3) is 16.9 Å². The second kappa shape index (κ2) is 7.48. The maximum atomic E-state index is 10.0. The first-order valence-corrected chi connectivity index (χ1v) is 9.46. The zero-order valence-electron chi connectivity index (χ0n) is 15.7. The molecule has 1 aromatic carbocycles. The van der Waals surface area contributed by atoms with Gasteiger partial charge in [0.2, 0.25) is 0 Å². The summed E-state index contributed by atoms with van der Waals surface area (Å²) in [6, 6.07) is 9.48. The Morgan fingerprint density at radius 2 is 2.22 bits per heavy atom. The van der Waals surface area contributed by atoms with Crippen LogP contribution in [0, 0.1) is 6.92 Å². The Balaban J connectivity index is 1.76. The fourth-order valence-corrected chi connectivity index (χ4v) is 3.47. The van der Waals surface area contributed by atoms with E-state index in [1.165, 1.54) is 0 Å². The van der Waals surface area contributed by atoms with Gasteiger partial charge in [-0.2, -0.15) is 0 Å². The van der Waals surface area contributed by atoms with Crippen LogP contribution >= 0.6 is 0 Å². The Bertz CT molecular complexity index is 945. The number of aryl methyl sites for hydroxylation is 1. The molecule has 2 aromatic heterocycles. The standard InChI is InChI=1S/C21H25N3O3/c1-3-26-18-12-15(6-7-17(18)25)20-21(22-13-16-5-4-10-27-16)24-9-8-14(2)11-19(24)23-20/h6-9,11-12,16,22,25H,3-5,10,13H2,1-2H3/t16-/m0/s1. The summed E-state index contributed by atoms with van der Waals surface area (Å²) >= 11 is 0. The molecule has 1 atom stereocenters. The predicted molar refractivity (Wildman–Crippen MR) is 106 cm³/mol. The van der Waals surface area contributed by atoms with Crippen molar-refractivity contribution >= 4 is 11.5 Å². The number of phenols is 1. The number of anilines is 1. The minimum absolute atomic E-state index is 0.133. The number of aromatic nitrogens is 2. The van der Waals surface area contributed by atoms with Crippen LogP contribution in [-0.2, 0) is 4.74 Å². The zero-order chi connectivity index (χ0) is 18.8. The highest BCUT2D eigenvalue weighted by Gasteiger charge is 2.19. The minimum atomic E-state index is 0.133. The van der Waals surface area contributed by atoms with E-state index in [0.29, 0.717) is 12.4 Å². The van der Waals surface area contributed by atoms with Gasteiger partial charge in [-0.25, -0.2) is 4.98 Å². The Kier molecular flexibility index (Phi) is 4.90. The summed E-state index contributed by atoms with van der Waals surface area (Å²) in [5.41, 5.74) is 3.77. The first-order valence-electron chi connectivity index (χ1n) is 9.46. The lowest BCUT2D eigenvalue weighted by atomic mass is 10.1. The second-order valence-corrected chi connectivity index (χ2v) is 6.87. The number of benzene rings is 1. The fraction of sp³-hybridized carbons (Fsp3) is 0.381. The smallest absolute Gasteiger partial charge is 0.161 e. The van der Waals surface area contributed by atoms with Gasteiger partial charge in [-0.1, -0.05) is 0 Å². The third-order valence-electron chi connectivity index (χ3n) is 4.84. The summed E-state index contributed by atoms with van der Waals surface area (Å²) < 4.78 is 13.4. The van der Waals surface area contributed by atoms with Gasteiger partial charge in [0.05, 0.1) is 12.7 Å². The van der Waals surface area contributed by atoms with Crippen molar-refractivity contribution in [3.05, 3.63) is 42.1 Å². The van der Waals surface area contributed by atoms with Crippen molar-refractivity contribution in [1.82, 2.24) is 9.38 Å². The molecule has 4 rings (SSSR count). The SMILES string of the molecule is CCOc1cc(-c2nc3cc(C)ccn3c2NC[C@@H]2CCCO2)ccc1O. The first kappa shape index (κ1) is 17.7. The van der Waals surface area contributed by atoms with Crippen molar-refractivity contribution in [2.24, 2.45) is 0 Å². The number of hydrogen-bond donors (Lipinski definition) is 2. The number of nitrogens with one attached hydrogen (secondary N) is 1. The van der Waals surface area contributed by atoms with Crippen molar-refractivity contribution in [2.75, 3.05) is 25.1 Å². The van der Waals surface area contributed by atoms with Gasteiger partial charge >= 0.3 is 0 Å². The van der Waals surface area contributed by atoms with Crippen molar-refractivity contribution in [2.45, 2.75) is 32.8 Å². The van der Waals surface area contributed by atoms with Crippen molar-refractivity contribution in [3.8, 4) is 22.8 Å². The molecule has 0 aliphatic carbocycles. The monoisotopic (exact) mass is 367 g/mol. The molecule has 1 aliphatic rings. The summed E-state index contributed by atoms with van der Waals surface area (Å²) in [6.45, 7) is 6.02. The molecule has 0 saturated carbocycles. The number of hydrogen-bond acceptors (Lipinski definition) is 5. The Morgan fingerprint density at radius 3 is 3.00 bits per heavy atom. The van der Waals surface area contributed by atoms with Crippen LogP contribution in [-0.4, -0.2) is 40.4 Å². The molecular formula is C21H25N3O3. The maximum Gasteiger partial charge on any atom is 0.161 e. The van der Waals surface area contributed by atoms with E-state index in [4.69, 9.17) is 14.5 Å². The van der Waals surface area contributed by atoms with Crippen molar-refractivity contribution in [3.63, 3.8) is 0 Å². The van der Waals surface area contributed by atoms with Gasteiger partial charge in [-0.15, -0.1) is 0 Å². The summed E-state index contributed by atoms with van der Waals surface area (Å²) in [6.07, 6.45) is 4.45. The molecule has 3 aromatic rings. The highest BCUT2D eigenvalue weighted by molar-refractivity contribution is 5.78. The van der Waals surface area contributed by atoms with E-state index in [0.717, 1.165) is 54.3 Å². The number of aromatic hydroxyl groups is 1. The molecule has 1 saturated heterocycles. The number of imidazole rings is 1. The molecule has 2 N–H and O–H groups in total. The quantitative estimate of drug-likeness (QED) is 0.689. The lowest BCUT2D eigenvalue weighted by Crippen LogP contribution is -2.19. The fourth-order valence-electron chi connectivity index (χ4n) is 3.47. The van der Waals surface area contributed by atoms with Crippen LogP contribution < -0.4 is 10.1 Å². The van der Waals surface area contributed by atoms with Crippen LogP contribution in [0.4, 0.5) is 5.82 Å². The van der Waals surface area contributed by atoms with Crippen LogP contribution in [0.15, 0.2) is 36.5 Å². The Morgan fingerprint density at radius 1 is 1.33 bits per heavy atom. The van der Waals surface area contributed by atoms with Gasteiger partial charge in [-0.3, -0.25) is 4.40 Å².